The summed E-state index contributed by atoms with van der Waals surface area (Å²) in [5.74, 6) is -0.884. The van der Waals surface area contributed by atoms with Gasteiger partial charge in [0.2, 0.25) is 0 Å². The van der Waals surface area contributed by atoms with Crippen LogP contribution in [-0.4, -0.2) is 55.3 Å². The number of ether oxygens (including phenoxy) is 2. The van der Waals surface area contributed by atoms with Crippen LogP contribution >= 0.6 is 15.6 Å². The summed E-state index contributed by atoms with van der Waals surface area (Å²) in [6.45, 7) is -1.33. The standard InChI is InChI=1S/C23H24N2O13P2/c26-18-11-12-25(23(29)24-18)21-20(37-22(28)16-9-5-2-6-10-16)19(27)17(36-21)14-35-40(32,33)38-39(30,31)34-13-15-7-3-1-4-8-15/h1-12,17,19-21,27H,13-14H2,(H,30,31)(H,32,33)(H,24,26,29)/t17-,19?,20+,21-/m1/s1. The lowest BCUT2D eigenvalue weighted by atomic mass is 10.1. The van der Waals surface area contributed by atoms with Crippen LogP contribution in [0.4, 0.5) is 0 Å². The predicted octanol–water partition coefficient (Wildman–Crippen LogP) is 1.47. The zero-order valence-electron chi connectivity index (χ0n) is 20.4. The van der Waals surface area contributed by atoms with Crippen LogP contribution in [-0.2, 0) is 38.6 Å². The molecule has 15 nitrogen and oxygen atoms in total. The second-order valence-corrected chi connectivity index (χ2v) is 11.4. The molecule has 3 aromatic rings. The van der Waals surface area contributed by atoms with Crippen molar-refractivity contribution in [2.75, 3.05) is 6.61 Å². The van der Waals surface area contributed by atoms with Crippen LogP contribution in [0.2, 0.25) is 0 Å². The van der Waals surface area contributed by atoms with E-state index in [9.17, 15) is 38.4 Å². The molecule has 1 aliphatic heterocycles. The first-order valence-corrected chi connectivity index (χ1v) is 14.5. The third-order valence-corrected chi connectivity index (χ3v) is 8.12. The average molecular weight is 598 g/mol. The molecule has 3 unspecified atom stereocenters. The number of carbonyl (C=O) groups is 1. The van der Waals surface area contributed by atoms with E-state index in [1.54, 1.807) is 48.5 Å². The van der Waals surface area contributed by atoms with E-state index < -0.39 is 70.6 Å². The molecule has 0 aliphatic carbocycles. The highest BCUT2D eigenvalue weighted by Gasteiger charge is 2.49. The molecule has 0 radical (unpaired) electrons. The molecule has 2 aromatic carbocycles. The smallest absolute Gasteiger partial charge is 0.451 e. The number of rotatable bonds is 11. The van der Waals surface area contributed by atoms with E-state index in [0.717, 1.165) is 16.8 Å². The Morgan fingerprint density at radius 2 is 1.57 bits per heavy atom. The fraction of sp³-hybridized carbons (Fsp3) is 0.261. The summed E-state index contributed by atoms with van der Waals surface area (Å²) < 4.78 is 50.1. The highest BCUT2D eigenvalue weighted by molar-refractivity contribution is 7.61. The molecule has 1 aliphatic rings. The molecule has 2 heterocycles. The van der Waals surface area contributed by atoms with Crippen LogP contribution in [0, 0.1) is 0 Å². The number of phosphoric acid groups is 2. The van der Waals surface area contributed by atoms with Gasteiger partial charge in [0.1, 0.15) is 12.2 Å². The SMILES string of the molecule is O=C(O[C@H]1C(O)[C@@H](COP(=O)(O)OP(=O)(O)OCc2ccccc2)O[C@H]1n1ccc(=O)[nH]c1=O)c1ccccc1. The Balaban J connectivity index is 1.46. The van der Waals surface area contributed by atoms with Crippen molar-refractivity contribution >= 4 is 21.6 Å². The molecule has 0 bridgehead atoms. The molecule has 17 heteroatoms. The van der Waals surface area contributed by atoms with E-state index in [-0.39, 0.29) is 5.56 Å². The maximum atomic E-state index is 12.7. The summed E-state index contributed by atoms with van der Waals surface area (Å²) >= 11 is 0. The number of hydrogen-bond donors (Lipinski definition) is 4. The van der Waals surface area contributed by atoms with Gasteiger partial charge in [-0.25, -0.2) is 18.7 Å². The first-order valence-electron chi connectivity index (χ1n) is 11.5. The lowest BCUT2D eigenvalue weighted by Crippen LogP contribution is -2.40. The highest BCUT2D eigenvalue weighted by atomic mass is 31.3. The topological polar surface area (TPSA) is 213 Å². The van der Waals surface area contributed by atoms with E-state index in [1.807, 2.05) is 4.98 Å². The Morgan fingerprint density at radius 1 is 0.950 bits per heavy atom. The molecule has 1 fully saturated rings. The molecule has 4 N–H and O–H groups in total. The van der Waals surface area contributed by atoms with Gasteiger partial charge < -0.3 is 24.4 Å². The molecule has 1 aromatic heterocycles. The second kappa shape index (κ2) is 12.5. The number of aromatic nitrogens is 2. The van der Waals surface area contributed by atoms with Crippen LogP contribution < -0.4 is 11.2 Å². The van der Waals surface area contributed by atoms with Crippen LogP contribution in [0.25, 0.3) is 0 Å². The Hall–Kier alpha value is -3.23. The summed E-state index contributed by atoms with van der Waals surface area (Å²) in [5, 5.41) is 10.9. The Morgan fingerprint density at radius 3 is 2.23 bits per heavy atom. The van der Waals surface area contributed by atoms with Gasteiger partial charge in [-0.15, -0.1) is 0 Å². The minimum absolute atomic E-state index is 0.115. The van der Waals surface area contributed by atoms with Gasteiger partial charge in [0.05, 0.1) is 18.8 Å². The van der Waals surface area contributed by atoms with Crippen LogP contribution in [0.3, 0.4) is 0 Å². The zero-order valence-corrected chi connectivity index (χ0v) is 22.2. The average Bonchev–Trinajstić information content (AvgIpc) is 3.21. The van der Waals surface area contributed by atoms with E-state index >= 15 is 0 Å². The van der Waals surface area contributed by atoms with Crippen molar-refractivity contribution < 1.29 is 51.6 Å². The molecule has 0 amide bonds. The van der Waals surface area contributed by atoms with Crippen LogP contribution in [0.5, 0.6) is 0 Å². The summed E-state index contributed by atoms with van der Waals surface area (Å²) in [4.78, 5) is 58.4. The van der Waals surface area contributed by atoms with Gasteiger partial charge in [0.15, 0.2) is 12.3 Å². The Bertz CT molecular complexity index is 1530. The number of aromatic amines is 1. The molecular formula is C23H24N2O13P2. The number of nitrogens with zero attached hydrogens (tertiary/aromatic N) is 1. The van der Waals surface area contributed by atoms with Crippen molar-refractivity contribution in [1.29, 1.82) is 0 Å². The van der Waals surface area contributed by atoms with E-state index in [0.29, 0.717) is 5.56 Å². The van der Waals surface area contributed by atoms with E-state index in [4.69, 9.17) is 18.5 Å². The summed E-state index contributed by atoms with van der Waals surface area (Å²) in [7, 11) is -10.4. The molecule has 40 heavy (non-hydrogen) atoms. The second-order valence-electron chi connectivity index (χ2n) is 8.38. The molecule has 0 saturated carbocycles. The minimum atomic E-state index is -5.27. The number of esters is 1. The van der Waals surface area contributed by atoms with Crippen molar-refractivity contribution in [1.82, 2.24) is 9.55 Å². The number of benzene rings is 2. The monoisotopic (exact) mass is 598 g/mol. The lowest BCUT2D eigenvalue weighted by molar-refractivity contribution is -0.0597. The molecule has 1 saturated heterocycles. The van der Waals surface area contributed by atoms with Gasteiger partial charge in [-0.1, -0.05) is 48.5 Å². The molecule has 0 spiro atoms. The van der Waals surface area contributed by atoms with Gasteiger partial charge >= 0.3 is 27.3 Å². The molecule has 214 valence electrons. The zero-order chi connectivity index (χ0) is 28.9. The van der Waals surface area contributed by atoms with E-state index in [2.05, 4.69) is 4.31 Å². The maximum Gasteiger partial charge on any atom is 0.481 e. The Kier molecular flexibility index (Phi) is 9.31. The number of H-pyrrole nitrogens is 1. The van der Waals surface area contributed by atoms with Crippen molar-refractivity contribution in [2.24, 2.45) is 0 Å². The first-order chi connectivity index (χ1) is 18.9. The number of phosphoric ester groups is 2. The van der Waals surface area contributed by atoms with Crippen molar-refractivity contribution in [2.45, 2.75) is 31.1 Å². The third kappa shape index (κ3) is 7.70. The van der Waals surface area contributed by atoms with Gasteiger partial charge in [0, 0.05) is 12.3 Å². The number of hydrogen-bond acceptors (Lipinski definition) is 11. The van der Waals surface area contributed by atoms with Crippen LogP contribution in [0.15, 0.2) is 82.5 Å². The number of aliphatic hydroxyl groups is 1. The quantitative estimate of drug-likeness (QED) is 0.182. The van der Waals surface area contributed by atoms with Crippen molar-refractivity contribution in [3.63, 3.8) is 0 Å². The Labute approximate surface area is 225 Å². The largest absolute Gasteiger partial charge is 0.481 e. The normalized spacial score (nSPS) is 23.7. The van der Waals surface area contributed by atoms with Crippen molar-refractivity contribution in [3.8, 4) is 0 Å². The lowest BCUT2D eigenvalue weighted by Gasteiger charge is -2.22. The molecule has 4 rings (SSSR count). The van der Waals surface area contributed by atoms with E-state index in [1.165, 1.54) is 12.1 Å². The predicted molar refractivity (Wildman–Crippen MR) is 135 cm³/mol. The van der Waals surface area contributed by atoms with Crippen LogP contribution in [0.1, 0.15) is 22.1 Å². The van der Waals surface area contributed by atoms with Crippen molar-refractivity contribution in [3.05, 3.63) is 105 Å². The van der Waals surface area contributed by atoms with Gasteiger partial charge in [-0.05, 0) is 17.7 Å². The number of nitrogens with one attached hydrogen (secondary N) is 1. The molecule has 6 atom stereocenters. The van der Waals surface area contributed by atoms with Gasteiger partial charge in [-0.2, -0.15) is 4.31 Å². The summed E-state index contributed by atoms with van der Waals surface area (Å²) in [5.41, 5.74) is -1.08. The maximum absolute atomic E-state index is 12.7. The highest BCUT2D eigenvalue weighted by Crippen LogP contribution is 2.60. The summed E-state index contributed by atoms with van der Waals surface area (Å²) in [6.07, 6.45) is -5.26. The number of aliphatic hydroxyl groups excluding tert-OH is 1. The minimum Gasteiger partial charge on any atom is -0.451 e. The fourth-order valence-electron chi connectivity index (χ4n) is 3.68. The summed E-state index contributed by atoms with van der Waals surface area (Å²) in [6, 6.07) is 16.8. The van der Waals surface area contributed by atoms with Gasteiger partial charge in [-0.3, -0.25) is 23.4 Å². The van der Waals surface area contributed by atoms with Gasteiger partial charge in [0.25, 0.3) is 5.56 Å². The molecular weight excluding hydrogens is 574 g/mol. The number of carbonyl (C=O) groups excluding carboxylic acids is 1. The fourth-order valence-corrected chi connectivity index (χ4v) is 5.74. The first kappa shape index (κ1) is 29.7. The third-order valence-electron chi connectivity index (χ3n) is 5.54.